The number of halogens is 1. The van der Waals surface area contributed by atoms with E-state index < -0.39 is 5.91 Å². The molecule has 0 saturated carbocycles. The van der Waals surface area contributed by atoms with Crippen LogP contribution in [0.4, 0.5) is 10.1 Å². The van der Waals surface area contributed by atoms with E-state index in [4.69, 9.17) is 0 Å². The zero-order valence-electron chi connectivity index (χ0n) is 13.0. The minimum Gasteiger partial charge on any atom is -0.350 e. The van der Waals surface area contributed by atoms with Gasteiger partial charge in [-0.2, -0.15) is 0 Å². The van der Waals surface area contributed by atoms with Crippen molar-refractivity contribution in [1.82, 2.24) is 10.3 Å². The first-order valence-electron chi connectivity index (χ1n) is 7.33. The first-order valence-corrected chi connectivity index (χ1v) is 7.33. The Morgan fingerprint density at radius 2 is 1.87 bits per heavy atom. The van der Waals surface area contributed by atoms with Crippen LogP contribution >= 0.6 is 0 Å². The highest BCUT2D eigenvalue weighted by atomic mass is 19.1. The second kappa shape index (κ2) is 7.49. The van der Waals surface area contributed by atoms with Crippen LogP contribution in [-0.4, -0.2) is 22.8 Å². The molecule has 2 aromatic rings. The number of rotatable bonds is 5. The first kappa shape index (κ1) is 16.6. The number of hydrogen-bond acceptors (Lipinski definition) is 3. The molecule has 0 aliphatic rings. The maximum atomic E-state index is 12.9. The summed E-state index contributed by atoms with van der Waals surface area (Å²) in [4.78, 5) is 28.2. The summed E-state index contributed by atoms with van der Waals surface area (Å²) < 4.78 is 12.9. The second-order valence-electron chi connectivity index (χ2n) is 5.17. The summed E-state index contributed by atoms with van der Waals surface area (Å²) in [5, 5.41) is 5.43. The van der Waals surface area contributed by atoms with E-state index in [1.165, 1.54) is 36.5 Å². The standard InChI is InChI=1S/C17H18FN3O2/c1-3-11(2)20-16(22)12-8-9-19-15(10-12)17(23)21-14-6-4-13(18)5-7-14/h4-11H,3H2,1-2H3,(H,20,22)(H,21,23). The molecule has 23 heavy (non-hydrogen) atoms. The number of benzene rings is 1. The van der Waals surface area contributed by atoms with E-state index in [9.17, 15) is 14.0 Å². The van der Waals surface area contributed by atoms with Crippen molar-refractivity contribution in [3.8, 4) is 0 Å². The molecule has 0 spiro atoms. The van der Waals surface area contributed by atoms with Crippen LogP contribution in [-0.2, 0) is 0 Å². The second-order valence-corrected chi connectivity index (χ2v) is 5.17. The van der Waals surface area contributed by atoms with E-state index in [0.717, 1.165) is 6.42 Å². The fraction of sp³-hybridized carbons (Fsp3) is 0.235. The Morgan fingerprint density at radius 1 is 1.17 bits per heavy atom. The molecule has 6 heteroatoms. The largest absolute Gasteiger partial charge is 0.350 e. The summed E-state index contributed by atoms with van der Waals surface area (Å²) in [5.41, 5.74) is 0.934. The lowest BCUT2D eigenvalue weighted by molar-refractivity contribution is 0.0939. The molecule has 120 valence electrons. The highest BCUT2D eigenvalue weighted by Gasteiger charge is 2.13. The number of pyridine rings is 1. The lowest BCUT2D eigenvalue weighted by Gasteiger charge is -2.11. The fourth-order valence-corrected chi connectivity index (χ4v) is 1.83. The van der Waals surface area contributed by atoms with Crippen LogP contribution in [0, 0.1) is 5.82 Å². The summed E-state index contributed by atoms with van der Waals surface area (Å²) in [6.45, 7) is 3.88. The third-order valence-electron chi connectivity index (χ3n) is 3.35. The topological polar surface area (TPSA) is 71.1 Å². The van der Waals surface area contributed by atoms with Gasteiger partial charge in [-0.25, -0.2) is 4.39 Å². The Kier molecular flexibility index (Phi) is 5.41. The Morgan fingerprint density at radius 3 is 2.52 bits per heavy atom. The number of carbonyl (C=O) groups is 2. The Hall–Kier alpha value is -2.76. The van der Waals surface area contributed by atoms with E-state index in [1.807, 2.05) is 13.8 Å². The monoisotopic (exact) mass is 315 g/mol. The van der Waals surface area contributed by atoms with Crippen molar-refractivity contribution in [2.45, 2.75) is 26.3 Å². The summed E-state index contributed by atoms with van der Waals surface area (Å²) in [7, 11) is 0. The van der Waals surface area contributed by atoms with Gasteiger partial charge in [0.1, 0.15) is 11.5 Å². The number of nitrogens with zero attached hydrogens (tertiary/aromatic N) is 1. The van der Waals surface area contributed by atoms with Crippen molar-refractivity contribution in [2.24, 2.45) is 0 Å². The zero-order valence-corrected chi connectivity index (χ0v) is 13.0. The van der Waals surface area contributed by atoms with Gasteiger partial charge >= 0.3 is 0 Å². The highest BCUT2D eigenvalue weighted by molar-refractivity contribution is 6.04. The lowest BCUT2D eigenvalue weighted by atomic mass is 10.2. The molecule has 0 fully saturated rings. The van der Waals surface area contributed by atoms with Gasteiger partial charge in [0.25, 0.3) is 11.8 Å². The highest BCUT2D eigenvalue weighted by Crippen LogP contribution is 2.10. The summed E-state index contributed by atoms with van der Waals surface area (Å²) in [5.74, 6) is -1.10. The fourth-order valence-electron chi connectivity index (χ4n) is 1.83. The van der Waals surface area contributed by atoms with E-state index in [1.54, 1.807) is 6.07 Å². The third kappa shape index (κ3) is 4.60. The third-order valence-corrected chi connectivity index (χ3v) is 3.35. The van der Waals surface area contributed by atoms with Gasteiger partial charge in [-0.05, 0) is 49.7 Å². The maximum absolute atomic E-state index is 12.9. The molecular weight excluding hydrogens is 297 g/mol. The molecule has 5 nitrogen and oxygen atoms in total. The molecule has 1 aromatic heterocycles. The van der Waals surface area contributed by atoms with Crippen LogP contribution in [0.5, 0.6) is 0 Å². The van der Waals surface area contributed by atoms with Gasteiger partial charge in [0.2, 0.25) is 0 Å². The van der Waals surface area contributed by atoms with E-state index in [-0.39, 0.29) is 23.5 Å². The number of carbonyl (C=O) groups excluding carboxylic acids is 2. The molecule has 0 radical (unpaired) electrons. The average Bonchev–Trinajstić information content (AvgIpc) is 2.56. The predicted molar refractivity (Wildman–Crippen MR) is 85.8 cm³/mol. The van der Waals surface area contributed by atoms with E-state index >= 15 is 0 Å². The Balaban J connectivity index is 2.10. The van der Waals surface area contributed by atoms with Crippen LogP contribution in [0.3, 0.4) is 0 Å². The molecular formula is C17H18FN3O2. The van der Waals surface area contributed by atoms with E-state index in [2.05, 4.69) is 15.6 Å². The predicted octanol–water partition coefficient (Wildman–Crippen LogP) is 3.00. The number of amides is 2. The van der Waals surface area contributed by atoms with Crippen LogP contribution in [0.1, 0.15) is 41.1 Å². The van der Waals surface area contributed by atoms with Crippen molar-refractivity contribution in [3.63, 3.8) is 0 Å². The maximum Gasteiger partial charge on any atom is 0.274 e. The molecule has 2 N–H and O–H groups in total. The number of aromatic nitrogens is 1. The van der Waals surface area contributed by atoms with Crippen LogP contribution in [0.15, 0.2) is 42.6 Å². The number of hydrogen-bond donors (Lipinski definition) is 2. The normalized spacial score (nSPS) is 11.6. The molecule has 1 heterocycles. The van der Waals surface area contributed by atoms with Gasteiger partial charge in [0.05, 0.1) is 0 Å². The Labute approximate surface area is 133 Å². The van der Waals surface area contributed by atoms with Gasteiger partial charge in [-0.1, -0.05) is 6.92 Å². The summed E-state index contributed by atoms with van der Waals surface area (Å²) in [6, 6.07) is 8.42. The summed E-state index contributed by atoms with van der Waals surface area (Å²) in [6.07, 6.45) is 2.22. The van der Waals surface area contributed by atoms with Gasteiger partial charge in [-0.15, -0.1) is 0 Å². The molecule has 0 aliphatic carbocycles. The molecule has 2 amide bonds. The van der Waals surface area contributed by atoms with Gasteiger partial charge in [-0.3, -0.25) is 14.6 Å². The quantitative estimate of drug-likeness (QED) is 0.891. The molecule has 1 unspecified atom stereocenters. The van der Waals surface area contributed by atoms with Gasteiger partial charge in [0, 0.05) is 23.5 Å². The van der Waals surface area contributed by atoms with Crippen molar-refractivity contribution < 1.29 is 14.0 Å². The van der Waals surface area contributed by atoms with Gasteiger partial charge < -0.3 is 10.6 Å². The average molecular weight is 315 g/mol. The van der Waals surface area contributed by atoms with Crippen molar-refractivity contribution in [3.05, 3.63) is 59.7 Å². The van der Waals surface area contributed by atoms with Crippen molar-refractivity contribution in [2.75, 3.05) is 5.32 Å². The lowest BCUT2D eigenvalue weighted by Crippen LogP contribution is -2.32. The minimum atomic E-state index is -0.463. The molecule has 0 bridgehead atoms. The van der Waals surface area contributed by atoms with E-state index in [0.29, 0.717) is 11.3 Å². The van der Waals surface area contributed by atoms with Crippen LogP contribution in [0.2, 0.25) is 0 Å². The van der Waals surface area contributed by atoms with Crippen molar-refractivity contribution >= 4 is 17.5 Å². The number of anilines is 1. The molecule has 1 aromatic carbocycles. The molecule has 2 rings (SSSR count). The summed E-state index contributed by atoms with van der Waals surface area (Å²) >= 11 is 0. The number of nitrogens with one attached hydrogen (secondary N) is 2. The SMILES string of the molecule is CCC(C)NC(=O)c1ccnc(C(=O)Nc2ccc(F)cc2)c1. The minimum absolute atomic E-state index is 0.0483. The van der Waals surface area contributed by atoms with Crippen LogP contribution < -0.4 is 10.6 Å². The molecule has 1 atom stereocenters. The van der Waals surface area contributed by atoms with Crippen molar-refractivity contribution in [1.29, 1.82) is 0 Å². The van der Waals surface area contributed by atoms with Crippen LogP contribution in [0.25, 0.3) is 0 Å². The zero-order chi connectivity index (χ0) is 16.8. The Bertz CT molecular complexity index is 701. The molecule has 0 saturated heterocycles. The first-order chi connectivity index (χ1) is 11.0. The van der Waals surface area contributed by atoms with Gasteiger partial charge in [0.15, 0.2) is 0 Å². The molecule has 0 aliphatic heterocycles. The smallest absolute Gasteiger partial charge is 0.274 e.